The van der Waals surface area contributed by atoms with Crippen LogP contribution < -0.4 is 0 Å². The van der Waals surface area contributed by atoms with E-state index >= 15 is 0 Å². The van der Waals surface area contributed by atoms with Gasteiger partial charge >= 0.3 is 0 Å². The minimum absolute atomic E-state index is 0.726. The van der Waals surface area contributed by atoms with E-state index in [1.54, 1.807) is 0 Å². The van der Waals surface area contributed by atoms with Crippen LogP contribution in [0.15, 0.2) is 0 Å². The van der Waals surface area contributed by atoms with Crippen LogP contribution in [0.2, 0.25) is 0 Å². The summed E-state index contributed by atoms with van der Waals surface area (Å²) in [6, 6.07) is 0. The Hall–Kier alpha value is 0.540. The first kappa shape index (κ1) is 10.6. The molecule has 1 nitrogen and oxygen atoms in total. The number of hydrogen-bond acceptors (Lipinski definition) is 1. The van der Waals surface area contributed by atoms with Gasteiger partial charge in [0.05, 0.1) is 0 Å². The Labute approximate surface area is 85.0 Å². The molecule has 3 heteroatoms. The third kappa shape index (κ3) is 3.51. The smallest absolute Gasteiger partial charge is 0.0351 e. The van der Waals surface area contributed by atoms with E-state index in [0.717, 1.165) is 30.8 Å². The van der Waals surface area contributed by atoms with Crippen molar-refractivity contribution < 1.29 is 0 Å². The normalized spacial score (nSPS) is 18.2. The van der Waals surface area contributed by atoms with Gasteiger partial charge < -0.3 is 4.90 Å². The second kappa shape index (κ2) is 6.06. The number of nitrogens with zero attached hydrogens (tertiary/aromatic N) is 1. The van der Waals surface area contributed by atoms with E-state index in [4.69, 9.17) is 23.2 Å². The van der Waals surface area contributed by atoms with Gasteiger partial charge in [0.15, 0.2) is 0 Å². The monoisotopic (exact) mass is 209 g/mol. The van der Waals surface area contributed by atoms with E-state index < -0.39 is 0 Å². The minimum Gasteiger partial charge on any atom is -0.301 e. The molecule has 0 atom stereocenters. The molecule has 0 saturated heterocycles. The third-order valence-corrected chi connectivity index (χ3v) is 2.88. The number of halogens is 2. The van der Waals surface area contributed by atoms with Crippen LogP contribution in [0.25, 0.3) is 0 Å². The van der Waals surface area contributed by atoms with Crippen LogP contribution >= 0.6 is 23.2 Å². The largest absolute Gasteiger partial charge is 0.301 e. The zero-order valence-corrected chi connectivity index (χ0v) is 8.95. The maximum absolute atomic E-state index is 5.69. The summed E-state index contributed by atoms with van der Waals surface area (Å²) < 4.78 is 0. The molecule has 0 heterocycles. The Morgan fingerprint density at radius 2 is 1.67 bits per heavy atom. The summed E-state index contributed by atoms with van der Waals surface area (Å²) in [5.74, 6) is 2.38. The van der Waals surface area contributed by atoms with Crippen molar-refractivity contribution in [2.24, 2.45) is 5.92 Å². The first-order valence-corrected chi connectivity index (χ1v) is 5.78. The quantitative estimate of drug-likeness (QED) is 0.609. The molecule has 72 valence electrons. The second-order valence-electron chi connectivity index (χ2n) is 3.48. The van der Waals surface area contributed by atoms with Crippen LogP contribution in [0, 0.1) is 5.92 Å². The average Bonchev–Trinajstić information content (AvgIpc) is 1.97. The molecule has 0 aromatic carbocycles. The molecule has 1 aliphatic rings. The van der Waals surface area contributed by atoms with E-state index in [0.29, 0.717) is 0 Å². The first-order chi connectivity index (χ1) is 5.86. The Balaban J connectivity index is 2.11. The lowest BCUT2D eigenvalue weighted by Crippen LogP contribution is -2.35. The van der Waals surface area contributed by atoms with Crippen LogP contribution in [0.5, 0.6) is 0 Å². The summed E-state index contributed by atoms with van der Waals surface area (Å²) in [4.78, 5) is 2.38. The molecular formula is C9H17Cl2N. The summed E-state index contributed by atoms with van der Waals surface area (Å²) in [5, 5.41) is 0. The maximum atomic E-state index is 5.69. The van der Waals surface area contributed by atoms with Gasteiger partial charge in [0.25, 0.3) is 0 Å². The fraction of sp³-hybridized carbons (Fsp3) is 1.00. The first-order valence-electron chi connectivity index (χ1n) is 4.71. The van der Waals surface area contributed by atoms with Crippen molar-refractivity contribution in [3.05, 3.63) is 0 Å². The van der Waals surface area contributed by atoms with Gasteiger partial charge in [-0.05, 0) is 18.8 Å². The van der Waals surface area contributed by atoms with E-state index in [9.17, 15) is 0 Å². The van der Waals surface area contributed by atoms with Gasteiger partial charge in [-0.2, -0.15) is 0 Å². The maximum Gasteiger partial charge on any atom is 0.0351 e. The summed E-state index contributed by atoms with van der Waals surface area (Å²) in [6.45, 7) is 3.19. The Morgan fingerprint density at radius 1 is 1.08 bits per heavy atom. The highest BCUT2D eigenvalue weighted by Gasteiger charge is 2.19. The highest BCUT2D eigenvalue weighted by Crippen LogP contribution is 2.26. The molecule has 0 N–H and O–H groups in total. The van der Waals surface area contributed by atoms with Gasteiger partial charge in [-0.3, -0.25) is 0 Å². The minimum atomic E-state index is 0.726. The third-order valence-electron chi connectivity index (χ3n) is 2.54. The Kier molecular flexibility index (Phi) is 5.37. The molecule has 0 aromatic rings. The molecule has 1 saturated carbocycles. The lowest BCUT2D eigenvalue weighted by molar-refractivity contribution is 0.192. The van der Waals surface area contributed by atoms with Crippen molar-refractivity contribution in [3.8, 4) is 0 Å². The predicted molar refractivity (Wildman–Crippen MR) is 55.2 cm³/mol. The van der Waals surface area contributed by atoms with Crippen LogP contribution in [0.4, 0.5) is 0 Å². The number of rotatable bonds is 6. The summed E-state index contributed by atoms with van der Waals surface area (Å²) in [7, 11) is 0. The van der Waals surface area contributed by atoms with E-state index in [2.05, 4.69) is 4.90 Å². The van der Waals surface area contributed by atoms with E-state index in [1.165, 1.54) is 25.8 Å². The van der Waals surface area contributed by atoms with Crippen molar-refractivity contribution in [2.45, 2.75) is 19.3 Å². The van der Waals surface area contributed by atoms with Gasteiger partial charge in [0, 0.05) is 31.4 Å². The second-order valence-corrected chi connectivity index (χ2v) is 4.23. The summed E-state index contributed by atoms with van der Waals surface area (Å²) in [5.41, 5.74) is 0. The SMILES string of the molecule is ClCCN(CCCl)CC1CCC1. The molecule has 1 aliphatic carbocycles. The van der Waals surface area contributed by atoms with Gasteiger partial charge in [-0.15, -0.1) is 23.2 Å². The molecule has 0 amide bonds. The molecule has 12 heavy (non-hydrogen) atoms. The highest BCUT2D eigenvalue weighted by molar-refractivity contribution is 6.18. The van der Waals surface area contributed by atoms with Gasteiger partial charge in [0.2, 0.25) is 0 Å². The van der Waals surface area contributed by atoms with Crippen molar-refractivity contribution in [3.63, 3.8) is 0 Å². The molecule has 0 bridgehead atoms. The van der Waals surface area contributed by atoms with Crippen LogP contribution in [0.1, 0.15) is 19.3 Å². The fourth-order valence-electron chi connectivity index (χ4n) is 1.57. The predicted octanol–water partition coefficient (Wildman–Crippen LogP) is 2.57. The van der Waals surface area contributed by atoms with Gasteiger partial charge in [0.1, 0.15) is 0 Å². The van der Waals surface area contributed by atoms with Crippen molar-refractivity contribution >= 4 is 23.2 Å². The van der Waals surface area contributed by atoms with Crippen LogP contribution in [0.3, 0.4) is 0 Å². The molecule has 0 aliphatic heterocycles. The Morgan fingerprint density at radius 3 is 2.00 bits per heavy atom. The van der Waals surface area contributed by atoms with Crippen LogP contribution in [-0.4, -0.2) is 36.3 Å². The fourth-order valence-corrected chi connectivity index (χ4v) is 2.05. The molecular weight excluding hydrogens is 193 g/mol. The lowest BCUT2D eigenvalue weighted by atomic mass is 9.85. The molecule has 1 fully saturated rings. The molecule has 0 radical (unpaired) electrons. The molecule has 1 rings (SSSR count). The average molecular weight is 210 g/mol. The molecule has 0 aromatic heterocycles. The summed E-state index contributed by atoms with van der Waals surface area (Å²) in [6.07, 6.45) is 4.22. The summed E-state index contributed by atoms with van der Waals surface area (Å²) >= 11 is 11.4. The Bertz CT molecular complexity index is 109. The van der Waals surface area contributed by atoms with Gasteiger partial charge in [-0.25, -0.2) is 0 Å². The molecule has 0 spiro atoms. The standard InChI is InChI=1S/C9H17Cl2N/c10-4-6-12(7-5-11)8-9-2-1-3-9/h9H,1-8H2. The number of hydrogen-bond donors (Lipinski definition) is 0. The highest BCUT2D eigenvalue weighted by atomic mass is 35.5. The number of alkyl halides is 2. The van der Waals surface area contributed by atoms with Crippen molar-refractivity contribution in [1.29, 1.82) is 0 Å². The van der Waals surface area contributed by atoms with Crippen molar-refractivity contribution in [1.82, 2.24) is 4.90 Å². The molecule has 0 unspecified atom stereocenters. The lowest BCUT2D eigenvalue weighted by Gasteiger charge is -2.31. The van der Waals surface area contributed by atoms with Gasteiger partial charge in [-0.1, -0.05) is 6.42 Å². The van der Waals surface area contributed by atoms with Crippen LogP contribution in [-0.2, 0) is 0 Å². The van der Waals surface area contributed by atoms with Crippen molar-refractivity contribution in [2.75, 3.05) is 31.4 Å². The van der Waals surface area contributed by atoms with E-state index in [1.807, 2.05) is 0 Å². The topological polar surface area (TPSA) is 3.24 Å². The zero-order chi connectivity index (χ0) is 8.81. The van der Waals surface area contributed by atoms with E-state index in [-0.39, 0.29) is 0 Å². The zero-order valence-electron chi connectivity index (χ0n) is 7.44.